The van der Waals surface area contributed by atoms with E-state index in [1.807, 2.05) is 92.1 Å². The Morgan fingerprint density at radius 2 is 1.28 bits per heavy atom. The third kappa shape index (κ3) is 8.94. The van der Waals surface area contributed by atoms with Crippen LogP contribution in [0.15, 0.2) is 106 Å². The molecule has 0 bridgehead atoms. The minimum absolute atomic E-state index is 0.612. The van der Waals surface area contributed by atoms with E-state index in [9.17, 15) is 0 Å². The number of rotatable bonds is 2. The second-order valence-electron chi connectivity index (χ2n) is 8.65. The van der Waals surface area contributed by atoms with Gasteiger partial charge in [-0.15, -0.1) is 0 Å². The topological polar surface area (TPSA) is 89.6 Å². The molecule has 0 saturated heterocycles. The van der Waals surface area contributed by atoms with E-state index in [0.29, 0.717) is 5.95 Å². The van der Waals surface area contributed by atoms with Crippen LogP contribution in [0, 0.1) is 17.7 Å². The van der Waals surface area contributed by atoms with E-state index in [1.54, 1.807) is 0 Å². The summed E-state index contributed by atoms with van der Waals surface area (Å²) in [6.07, 6.45) is 3.65. The highest BCUT2D eigenvalue weighted by Crippen LogP contribution is 2.21. The van der Waals surface area contributed by atoms with Gasteiger partial charge in [0.05, 0.1) is 11.0 Å². The van der Waals surface area contributed by atoms with Gasteiger partial charge < -0.3 is 11.1 Å². The first kappa shape index (κ1) is 28.8. The summed E-state index contributed by atoms with van der Waals surface area (Å²) in [6.45, 7) is 4.08. The van der Waals surface area contributed by atoms with Gasteiger partial charge in [0.1, 0.15) is 0 Å². The highest BCUT2D eigenvalue weighted by molar-refractivity contribution is 14.1. The van der Waals surface area contributed by atoms with Gasteiger partial charge in [0.25, 0.3) is 0 Å². The number of aromatic nitrogens is 4. The van der Waals surface area contributed by atoms with Crippen molar-refractivity contribution >= 4 is 93.6 Å². The minimum atomic E-state index is 0.612. The average molecular weight is 756 g/mol. The van der Waals surface area contributed by atoms with Gasteiger partial charge >= 0.3 is 0 Å². The number of anilines is 3. The molecular weight excluding hydrogens is 731 g/mol. The van der Waals surface area contributed by atoms with Gasteiger partial charge in [0.2, 0.25) is 5.95 Å². The van der Waals surface area contributed by atoms with Crippen molar-refractivity contribution in [3.8, 4) is 0 Å². The molecule has 0 radical (unpaired) electrons. The maximum atomic E-state index is 5.46. The molecule has 0 atom stereocenters. The number of hydrogen-bond acceptors (Lipinski definition) is 6. The normalized spacial score (nSPS) is 10.3. The van der Waals surface area contributed by atoms with Crippen LogP contribution in [0.2, 0.25) is 0 Å². The number of fused-ring (bicyclic) bond motifs is 2. The number of halogens is 3. The summed E-state index contributed by atoms with van der Waals surface area (Å²) >= 11 is 8.94. The average Bonchev–Trinajstić information content (AvgIpc) is 2.90. The van der Waals surface area contributed by atoms with Crippen LogP contribution < -0.4 is 11.1 Å². The van der Waals surface area contributed by atoms with Crippen molar-refractivity contribution in [2.24, 2.45) is 0 Å². The van der Waals surface area contributed by atoms with Crippen molar-refractivity contribution in [3.05, 3.63) is 121 Å². The Labute approximate surface area is 257 Å². The first-order valence-corrected chi connectivity index (χ1v) is 14.6. The largest absolute Gasteiger partial charge is 0.399 e. The van der Waals surface area contributed by atoms with Gasteiger partial charge in [-0.1, -0.05) is 56.1 Å². The van der Waals surface area contributed by atoms with Gasteiger partial charge in [-0.05, 0) is 85.6 Å². The molecule has 0 aliphatic carbocycles. The Kier molecular flexibility index (Phi) is 10.2. The van der Waals surface area contributed by atoms with Gasteiger partial charge in [-0.3, -0.25) is 0 Å². The summed E-state index contributed by atoms with van der Waals surface area (Å²) < 4.78 is 2.87. The molecule has 2 heterocycles. The molecule has 6 rings (SSSR count). The standard InChI is InChI=1S/C15H12BrN3.C8H4BrIN2.C7H9N/c1-10-3-2-4-13(7-10)18-15-17-9-11-8-12(16)5-6-14(11)19-15;9-6-1-2-7-5(3-6)4-11-8(10)12-7;1-6-3-2-4-7(8)5-6/h2-9H,1H3,(H,17,18,19);1-4H;2-5H,8H2,1H3. The number of nitrogens with two attached hydrogens (primary N) is 1. The summed E-state index contributed by atoms with van der Waals surface area (Å²) in [6, 6.07) is 27.9. The van der Waals surface area contributed by atoms with Crippen LogP contribution in [0.4, 0.5) is 17.3 Å². The van der Waals surface area contributed by atoms with E-state index < -0.39 is 0 Å². The van der Waals surface area contributed by atoms with Gasteiger partial charge in [0, 0.05) is 66.1 Å². The molecule has 0 unspecified atom stereocenters. The molecule has 0 fully saturated rings. The molecule has 6 aromatic rings. The second kappa shape index (κ2) is 13.8. The highest BCUT2D eigenvalue weighted by atomic mass is 127. The maximum Gasteiger partial charge on any atom is 0.227 e. The smallest absolute Gasteiger partial charge is 0.227 e. The Morgan fingerprint density at radius 1 is 0.692 bits per heavy atom. The molecule has 0 aliphatic heterocycles. The van der Waals surface area contributed by atoms with Crippen LogP contribution in [-0.4, -0.2) is 19.9 Å². The molecule has 0 aliphatic rings. The van der Waals surface area contributed by atoms with E-state index in [4.69, 9.17) is 5.73 Å². The predicted molar refractivity (Wildman–Crippen MR) is 177 cm³/mol. The van der Waals surface area contributed by atoms with Crippen molar-refractivity contribution in [1.29, 1.82) is 0 Å². The van der Waals surface area contributed by atoms with E-state index >= 15 is 0 Å². The second-order valence-corrected chi connectivity index (χ2v) is 11.4. The summed E-state index contributed by atoms with van der Waals surface area (Å²) in [7, 11) is 0. The molecule has 9 heteroatoms. The summed E-state index contributed by atoms with van der Waals surface area (Å²) in [4.78, 5) is 17.2. The lowest BCUT2D eigenvalue weighted by molar-refractivity contribution is 1.15. The van der Waals surface area contributed by atoms with E-state index in [0.717, 1.165) is 46.0 Å². The third-order valence-electron chi connectivity index (χ3n) is 5.37. The first-order chi connectivity index (χ1) is 18.7. The highest BCUT2D eigenvalue weighted by Gasteiger charge is 2.01. The minimum Gasteiger partial charge on any atom is -0.399 e. The van der Waals surface area contributed by atoms with Crippen molar-refractivity contribution in [2.75, 3.05) is 11.1 Å². The zero-order valence-corrected chi connectivity index (χ0v) is 26.6. The lowest BCUT2D eigenvalue weighted by atomic mass is 10.2. The lowest BCUT2D eigenvalue weighted by Gasteiger charge is -2.06. The summed E-state index contributed by atoms with van der Waals surface area (Å²) in [5.41, 5.74) is 11.6. The number of nitrogens with zero attached hydrogens (tertiary/aromatic N) is 4. The van der Waals surface area contributed by atoms with Crippen molar-refractivity contribution in [1.82, 2.24) is 19.9 Å². The summed E-state index contributed by atoms with van der Waals surface area (Å²) in [5.74, 6) is 0.612. The lowest BCUT2D eigenvalue weighted by Crippen LogP contribution is -1.97. The zero-order chi connectivity index (χ0) is 27.8. The molecule has 0 amide bonds. The molecule has 4 aromatic carbocycles. The quantitative estimate of drug-likeness (QED) is 0.104. The molecule has 3 N–H and O–H groups in total. The fraction of sp³-hybridized carbons (Fsp3) is 0.0667. The number of nitrogens with one attached hydrogen (secondary N) is 1. The van der Waals surface area contributed by atoms with E-state index in [2.05, 4.69) is 98.8 Å². The molecular formula is C30H25Br2IN6. The third-order valence-corrected chi connectivity index (χ3v) is 6.88. The fourth-order valence-electron chi connectivity index (χ4n) is 3.57. The first-order valence-electron chi connectivity index (χ1n) is 11.9. The Balaban J connectivity index is 0.000000150. The van der Waals surface area contributed by atoms with Crippen molar-refractivity contribution in [3.63, 3.8) is 0 Å². The van der Waals surface area contributed by atoms with Gasteiger partial charge in [-0.2, -0.15) is 0 Å². The van der Waals surface area contributed by atoms with E-state index in [-0.39, 0.29) is 0 Å². The predicted octanol–water partition coefficient (Wildman–Crippen LogP) is 9.02. The van der Waals surface area contributed by atoms with Crippen LogP contribution in [0.1, 0.15) is 11.1 Å². The van der Waals surface area contributed by atoms with E-state index in [1.165, 1.54) is 11.1 Å². The number of nitrogen functional groups attached to an aromatic ring is 1. The van der Waals surface area contributed by atoms with Gasteiger partial charge in [0.15, 0.2) is 3.83 Å². The Morgan fingerprint density at radius 3 is 1.87 bits per heavy atom. The van der Waals surface area contributed by atoms with Crippen LogP contribution in [0.25, 0.3) is 21.8 Å². The molecule has 39 heavy (non-hydrogen) atoms. The SMILES string of the molecule is Brc1ccc2nc(I)ncc2c1.Cc1cccc(N)c1.Cc1cccc(Nc2ncc3cc(Br)ccc3n2)c1. The molecule has 196 valence electrons. The number of aryl methyl sites for hydroxylation is 2. The molecule has 2 aromatic heterocycles. The number of hydrogen-bond donors (Lipinski definition) is 2. The van der Waals surface area contributed by atoms with Crippen LogP contribution >= 0.6 is 54.5 Å². The van der Waals surface area contributed by atoms with Crippen LogP contribution in [-0.2, 0) is 0 Å². The molecule has 6 nitrogen and oxygen atoms in total. The number of benzene rings is 4. The molecule has 0 saturated carbocycles. The maximum absolute atomic E-state index is 5.46. The van der Waals surface area contributed by atoms with Crippen molar-refractivity contribution < 1.29 is 0 Å². The van der Waals surface area contributed by atoms with Crippen LogP contribution in [0.5, 0.6) is 0 Å². The Hall–Kier alpha value is -3.15. The van der Waals surface area contributed by atoms with Crippen LogP contribution in [0.3, 0.4) is 0 Å². The van der Waals surface area contributed by atoms with Crippen molar-refractivity contribution in [2.45, 2.75) is 13.8 Å². The monoisotopic (exact) mass is 754 g/mol. The zero-order valence-electron chi connectivity index (χ0n) is 21.2. The van der Waals surface area contributed by atoms with Gasteiger partial charge in [-0.25, -0.2) is 19.9 Å². The Bertz CT molecular complexity index is 1670. The molecule has 0 spiro atoms. The fourth-order valence-corrected chi connectivity index (χ4v) is 4.72. The summed E-state index contributed by atoms with van der Waals surface area (Å²) in [5, 5.41) is 5.30.